The van der Waals surface area contributed by atoms with Gasteiger partial charge in [-0.05, 0) is 42.3 Å². The molecule has 0 fully saturated rings. The molecule has 0 radical (unpaired) electrons. The van der Waals surface area contributed by atoms with E-state index >= 15 is 0 Å². The summed E-state index contributed by atoms with van der Waals surface area (Å²) in [5.74, 6) is 1.75. The molecule has 3 nitrogen and oxygen atoms in total. The number of ether oxygens (including phenoxy) is 2. The van der Waals surface area contributed by atoms with Gasteiger partial charge in [0.1, 0.15) is 13.2 Å². The first-order valence-corrected chi connectivity index (χ1v) is 8.39. The molecule has 2 rings (SSSR count). The molecule has 0 saturated carbocycles. The summed E-state index contributed by atoms with van der Waals surface area (Å²) in [6.07, 6.45) is 3.27. The minimum absolute atomic E-state index is 0.377. The number of fused-ring (bicyclic) bond motifs is 1. The number of benzene rings is 1. The first kappa shape index (κ1) is 15.5. The van der Waals surface area contributed by atoms with E-state index in [1.165, 1.54) is 16.9 Å². The van der Waals surface area contributed by atoms with E-state index in [0.29, 0.717) is 18.6 Å². The molecule has 0 saturated heterocycles. The van der Waals surface area contributed by atoms with Gasteiger partial charge in [0.25, 0.3) is 0 Å². The molecule has 1 aromatic rings. The molecule has 0 spiro atoms. The zero-order valence-electron chi connectivity index (χ0n) is 12.9. The van der Waals surface area contributed by atoms with Crippen molar-refractivity contribution in [3.63, 3.8) is 0 Å². The number of thioether (sulfide) groups is 1. The van der Waals surface area contributed by atoms with Gasteiger partial charge in [-0.3, -0.25) is 0 Å². The van der Waals surface area contributed by atoms with Crippen LogP contribution in [0.5, 0.6) is 11.5 Å². The zero-order chi connectivity index (χ0) is 14.6. The van der Waals surface area contributed by atoms with Crippen LogP contribution in [0, 0.1) is 5.41 Å². The third kappa shape index (κ3) is 4.32. The number of hydrogen-bond donors (Lipinski definition) is 1. The summed E-state index contributed by atoms with van der Waals surface area (Å²) < 4.78 is 11.3. The van der Waals surface area contributed by atoms with E-state index < -0.39 is 0 Å². The van der Waals surface area contributed by atoms with Crippen LogP contribution in [-0.4, -0.2) is 26.0 Å². The molecule has 0 aromatic heterocycles. The fraction of sp³-hybridized carbons (Fsp3) is 0.625. The summed E-state index contributed by atoms with van der Waals surface area (Å²) in [4.78, 5) is 1.26. The predicted molar refractivity (Wildman–Crippen MR) is 85.0 cm³/mol. The zero-order valence-corrected chi connectivity index (χ0v) is 13.7. The largest absolute Gasteiger partial charge is 0.486 e. The van der Waals surface area contributed by atoms with Crippen molar-refractivity contribution in [3.05, 3.63) is 17.7 Å². The average Bonchev–Trinajstić information content (AvgIpc) is 2.41. The summed E-state index contributed by atoms with van der Waals surface area (Å²) in [6, 6.07) is 4.21. The summed E-state index contributed by atoms with van der Waals surface area (Å²) >= 11 is 1.76. The quantitative estimate of drug-likeness (QED) is 0.663. The molecule has 1 heterocycles. The van der Waals surface area contributed by atoms with Crippen LogP contribution in [0.25, 0.3) is 0 Å². The first-order chi connectivity index (χ1) is 9.49. The van der Waals surface area contributed by atoms with E-state index in [9.17, 15) is 0 Å². The molecule has 1 aliphatic rings. The van der Waals surface area contributed by atoms with Crippen molar-refractivity contribution >= 4 is 11.8 Å². The van der Waals surface area contributed by atoms with Gasteiger partial charge in [0.15, 0.2) is 11.5 Å². The number of hydrogen-bond acceptors (Lipinski definition) is 4. The van der Waals surface area contributed by atoms with Crippen molar-refractivity contribution in [3.8, 4) is 11.5 Å². The third-order valence-electron chi connectivity index (χ3n) is 3.31. The Balaban J connectivity index is 1.99. The van der Waals surface area contributed by atoms with E-state index in [0.717, 1.165) is 24.6 Å². The van der Waals surface area contributed by atoms with Crippen LogP contribution in [0.1, 0.15) is 32.8 Å². The molecule has 112 valence electrons. The minimum atomic E-state index is 0.377. The second-order valence-electron chi connectivity index (χ2n) is 6.30. The maximum absolute atomic E-state index is 5.66. The van der Waals surface area contributed by atoms with Crippen LogP contribution >= 0.6 is 11.8 Å². The Labute approximate surface area is 126 Å². The van der Waals surface area contributed by atoms with Crippen molar-refractivity contribution in [1.29, 1.82) is 0 Å². The summed E-state index contributed by atoms with van der Waals surface area (Å²) in [5.41, 5.74) is 1.66. The smallest absolute Gasteiger partial charge is 0.162 e. The Kier molecular flexibility index (Phi) is 5.22. The van der Waals surface area contributed by atoms with Gasteiger partial charge in [-0.1, -0.05) is 20.8 Å². The molecule has 0 aliphatic carbocycles. The average molecular weight is 295 g/mol. The van der Waals surface area contributed by atoms with Crippen LogP contribution in [0.3, 0.4) is 0 Å². The lowest BCUT2D eigenvalue weighted by molar-refractivity contribution is 0.171. The van der Waals surface area contributed by atoms with Gasteiger partial charge in [0, 0.05) is 11.4 Å². The Hall–Kier alpha value is -0.870. The van der Waals surface area contributed by atoms with Crippen molar-refractivity contribution in [1.82, 2.24) is 5.32 Å². The second-order valence-corrected chi connectivity index (χ2v) is 7.14. The Morgan fingerprint density at radius 3 is 2.40 bits per heavy atom. The highest BCUT2D eigenvalue weighted by Gasteiger charge is 2.15. The molecule has 0 amide bonds. The van der Waals surface area contributed by atoms with Crippen LogP contribution in [-0.2, 0) is 6.54 Å². The normalized spacial score (nSPS) is 14.4. The molecule has 20 heavy (non-hydrogen) atoms. The Morgan fingerprint density at radius 1 is 1.15 bits per heavy atom. The summed E-state index contributed by atoms with van der Waals surface area (Å²) in [7, 11) is 0. The summed E-state index contributed by atoms with van der Waals surface area (Å²) in [6.45, 7) is 10.0. The van der Waals surface area contributed by atoms with E-state index in [1.54, 1.807) is 11.8 Å². The van der Waals surface area contributed by atoms with E-state index in [-0.39, 0.29) is 0 Å². The highest BCUT2D eigenvalue weighted by atomic mass is 32.2. The number of rotatable bonds is 5. The molecule has 0 unspecified atom stereocenters. The molecular weight excluding hydrogens is 270 g/mol. The monoisotopic (exact) mass is 295 g/mol. The molecule has 1 aromatic carbocycles. The second kappa shape index (κ2) is 6.72. The fourth-order valence-electron chi connectivity index (χ4n) is 2.13. The van der Waals surface area contributed by atoms with Gasteiger partial charge in [-0.15, -0.1) is 11.8 Å². The van der Waals surface area contributed by atoms with Gasteiger partial charge in [-0.25, -0.2) is 0 Å². The van der Waals surface area contributed by atoms with Crippen LogP contribution in [0.2, 0.25) is 0 Å². The molecule has 4 heteroatoms. The van der Waals surface area contributed by atoms with E-state index in [4.69, 9.17) is 9.47 Å². The minimum Gasteiger partial charge on any atom is -0.486 e. The van der Waals surface area contributed by atoms with Gasteiger partial charge >= 0.3 is 0 Å². The Morgan fingerprint density at radius 2 is 1.80 bits per heavy atom. The van der Waals surface area contributed by atoms with Gasteiger partial charge in [-0.2, -0.15) is 0 Å². The highest BCUT2D eigenvalue weighted by molar-refractivity contribution is 7.98. The Bertz CT molecular complexity index is 455. The maximum atomic E-state index is 5.66. The van der Waals surface area contributed by atoms with Crippen molar-refractivity contribution in [2.45, 2.75) is 38.6 Å². The van der Waals surface area contributed by atoms with Crippen LogP contribution in [0.4, 0.5) is 0 Å². The number of nitrogens with one attached hydrogen (secondary N) is 1. The molecule has 1 aliphatic heterocycles. The van der Waals surface area contributed by atoms with Crippen molar-refractivity contribution in [2.24, 2.45) is 5.41 Å². The van der Waals surface area contributed by atoms with E-state index in [2.05, 4.69) is 44.5 Å². The topological polar surface area (TPSA) is 30.5 Å². The maximum Gasteiger partial charge on any atom is 0.162 e. The lowest BCUT2D eigenvalue weighted by Crippen LogP contribution is -2.21. The standard InChI is InChI=1S/C16H25NO2S/c1-16(2,3)5-6-17-11-12-9-13-14(10-15(12)20-4)19-8-7-18-13/h9-10,17H,5-8,11H2,1-4H3. The third-order valence-corrected chi connectivity index (χ3v) is 4.13. The van der Waals surface area contributed by atoms with Crippen molar-refractivity contribution < 1.29 is 9.47 Å². The lowest BCUT2D eigenvalue weighted by Gasteiger charge is -2.21. The molecule has 0 bridgehead atoms. The fourth-order valence-corrected chi connectivity index (χ4v) is 2.75. The lowest BCUT2D eigenvalue weighted by atomic mass is 9.92. The SMILES string of the molecule is CSc1cc2c(cc1CNCCC(C)(C)C)OCCO2. The van der Waals surface area contributed by atoms with Gasteiger partial charge in [0.05, 0.1) is 0 Å². The predicted octanol–water partition coefficient (Wildman–Crippen LogP) is 3.71. The van der Waals surface area contributed by atoms with Gasteiger partial charge in [0.2, 0.25) is 0 Å². The molecular formula is C16H25NO2S. The first-order valence-electron chi connectivity index (χ1n) is 7.17. The highest BCUT2D eigenvalue weighted by Crippen LogP contribution is 2.36. The van der Waals surface area contributed by atoms with Gasteiger partial charge < -0.3 is 14.8 Å². The molecule has 1 N–H and O–H groups in total. The van der Waals surface area contributed by atoms with E-state index in [1.807, 2.05) is 0 Å². The van der Waals surface area contributed by atoms with Crippen molar-refractivity contribution in [2.75, 3.05) is 26.0 Å². The van der Waals surface area contributed by atoms with Crippen LogP contribution in [0.15, 0.2) is 17.0 Å². The molecule has 0 atom stereocenters. The van der Waals surface area contributed by atoms with Crippen LogP contribution < -0.4 is 14.8 Å². The summed E-state index contributed by atoms with van der Waals surface area (Å²) in [5, 5.41) is 3.53.